The highest BCUT2D eigenvalue weighted by Crippen LogP contribution is 2.25. The average molecular weight is 319 g/mol. The van der Waals surface area contributed by atoms with Crippen LogP contribution < -0.4 is 4.72 Å². The van der Waals surface area contributed by atoms with Crippen LogP contribution in [0.25, 0.3) is 0 Å². The van der Waals surface area contributed by atoms with Crippen molar-refractivity contribution < 1.29 is 8.42 Å². The first-order valence-corrected chi connectivity index (χ1v) is 7.59. The second kappa shape index (κ2) is 4.94. The van der Waals surface area contributed by atoms with Crippen LogP contribution in [0.3, 0.4) is 0 Å². The van der Waals surface area contributed by atoms with Crippen molar-refractivity contribution in [3.05, 3.63) is 16.5 Å². The van der Waals surface area contributed by atoms with Crippen LogP contribution in [0.1, 0.15) is 6.92 Å². The van der Waals surface area contributed by atoms with Gasteiger partial charge in [-0.05, 0) is 19.1 Å². The Balaban J connectivity index is 2.86. The highest BCUT2D eigenvalue weighted by Gasteiger charge is 2.18. The second-order valence-corrected chi connectivity index (χ2v) is 7.04. The predicted molar refractivity (Wildman–Crippen MR) is 62.9 cm³/mol. The fourth-order valence-electron chi connectivity index (χ4n) is 0.797. The first-order valence-electron chi connectivity index (χ1n) is 3.79. The molecule has 3 nitrogen and oxygen atoms in total. The van der Waals surface area contributed by atoms with Crippen molar-refractivity contribution in [2.45, 2.75) is 17.2 Å². The Bertz CT molecular complexity index is 404. The van der Waals surface area contributed by atoms with E-state index in [1.54, 1.807) is 13.0 Å². The van der Waals surface area contributed by atoms with Gasteiger partial charge in [0, 0.05) is 11.4 Å². The number of thiophene rings is 1. The van der Waals surface area contributed by atoms with E-state index >= 15 is 0 Å². The quantitative estimate of drug-likeness (QED) is 0.867. The summed E-state index contributed by atoms with van der Waals surface area (Å²) in [6.45, 7) is 1.78. The number of hydrogen-bond acceptors (Lipinski definition) is 3. The van der Waals surface area contributed by atoms with Crippen molar-refractivity contribution in [2.75, 3.05) is 5.33 Å². The van der Waals surface area contributed by atoms with E-state index < -0.39 is 10.0 Å². The molecule has 0 saturated carbocycles. The van der Waals surface area contributed by atoms with E-state index in [1.807, 2.05) is 0 Å². The average Bonchev–Trinajstić information content (AvgIpc) is 2.51. The van der Waals surface area contributed by atoms with E-state index in [0.29, 0.717) is 9.67 Å². The van der Waals surface area contributed by atoms with Crippen molar-refractivity contribution in [1.82, 2.24) is 4.72 Å². The van der Waals surface area contributed by atoms with Crippen LogP contribution in [0.15, 0.2) is 16.3 Å². The number of hydrogen-bond donors (Lipinski definition) is 1. The van der Waals surface area contributed by atoms with E-state index in [2.05, 4.69) is 20.7 Å². The number of alkyl halides is 1. The van der Waals surface area contributed by atoms with Gasteiger partial charge in [-0.3, -0.25) is 0 Å². The van der Waals surface area contributed by atoms with Gasteiger partial charge < -0.3 is 0 Å². The Kier molecular flexibility index (Phi) is 4.39. The summed E-state index contributed by atoms with van der Waals surface area (Å²) in [6, 6.07) is 2.93. The molecular formula is C7H9BrClNO2S2. The van der Waals surface area contributed by atoms with Crippen LogP contribution in [0.2, 0.25) is 4.34 Å². The lowest BCUT2D eigenvalue weighted by atomic mass is 10.4. The van der Waals surface area contributed by atoms with Crippen molar-refractivity contribution in [3.63, 3.8) is 0 Å². The first-order chi connectivity index (χ1) is 6.45. The van der Waals surface area contributed by atoms with Gasteiger partial charge in [-0.25, -0.2) is 13.1 Å². The maximum atomic E-state index is 11.6. The van der Waals surface area contributed by atoms with Crippen molar-refractivity contribution in [1.29, 1.82) is 0 Å². The molecule has 0 amide bonds. The standard InChI is InChI=1S/C7H9BrClNO2S2/c1-5(4-8)10-14(11,12)7-3-2-6(9)13-7/h2-3,5,10H,4H2,1H3. The summed E-state index contributed by atoms with van der Waals surface area (Å²) in [5.74, 6) is 0. The van der Waals surface area contributed by atoms with Crippen LogP contribution in [0.5, 0.6) is 0 Å². The van der Waals surface area contributed by atoms with Crippen LogP contribution in [0, 0.1) is 0 Å². The molecule has 0 bridgehead atoms. The van der Waals surface area contributed by atoms with E-state index in [0.717, 1.165) is 11.3 Å². The van der Waals surface area contributed by atoms with Gasteiger partial charge >= 0.3 is 0 Å². The van der Waals surface area contributed by atoms with Gasteiger partial charge in [0.05, 0.1) is 4.34 Å². The molecule has 1 aromatic rings. The van der Waals surface area contributed by atoms with Gasteiger partial charge in [-0.1, -0.05) is 27.5 Å². The Morgan fingerprint density at radius 1 is 1.64 bits per heavy atom. The zero-order valence-corrected chi connectivity index (χ0v) is 11.3. The molecule has 1 N–H and O–H groups in total. The fraction of sp³-hybridized carbons (Fsp3) is 0.429. The molecule has 1 aromatic heterocycles. The minimum atomic E-state index is -3.40. The summed E-state index contributed by atoms with van der Waals surface area (Å²) in [5.41, 5.74) is 0. The molecule has 14 heavy (non-hydrogen) atoms. The Hall–Kier alpha value is 0.380. The smallest absolute Gasteiger partial charge is 0.207 e. The third kappa shape index (κ3) is 3.20. The summed E-state index contributed by atoms with van der Waals surface area (Å²) in [4.78, 5) is 0. The number of sulfonamides is 1. The van der Waals surface area contributed by atoms with Gasteiger partial charge in [0.2, 0.25) is 10.0 Å². The lowest BCUT2D eigenvalue weighted by Crippen LogP contribution is -2.33. The predicted octanol–water partition coefficient (Wildman–Crippen LogP) is 2.46. The van der Waals surface area contributed by atoms with Crippen LogP contribution in [0.4, 0.5) is 0 Å². The molecule has 1 unspecified atom stereocenters. The van der Waals surface area contributed by atoms with Gasteiger partial charge in [-0.15, -0.1) is 11.3 Å². The van der Waals surface area contributed by atoms with Crippen LogP contribution in [-0.2, 0) is 10.0 Å². The van der Waals surface area contributed by atoms with Crippen molar-refractivity contribution in [3.8, 4) is 0 Å². The molecule has 80 valence electrons. The Morgan fingerprint density at radius 2 is 2.29 bits per heavy atom. The number of nitrogens with one attached hydrogen (secondary N) is 1. The molecule has 0 aliphatic rings. The molecule has 7 heteroatoms. The van der Waals surface area contributed by atoms with Crippen molar-refractivity contribution >= 4 is 48.9 Å². The van der Waals surface area contributed by atoms with Gasteiger partial charge in [0.15, 0.2) is 0 Å². The van der Waals surface area contributed by atoms with Gasteiger partial charge in [0.25, 0.3) is 0 Å². The maximum absolute atomic E-state index is 11.6. The molecule has 0 radical (unpaired) electrons. The molecular weight excluding hydrogens is 310 g/mol. The molecule has 0 aliphatic carbocycles. The lowest BCUT2D eigenvalue weighted by molar-refractivity contribution is 0.573. The summed E-state index contributed by atoms with van der Waals surface area (Å²) >= 11 is 9.90. The third-order valence-corrected chi connectivity index (χ3v) is 5.68. The van der Waals surface area contributed by atoms with E-state index in [-0.39, 0.29) is 10.3 Å². The maximum Gasteiger partial charge on any atom is 0.250 e. The monoisotopic (exact) mass is 317 g/mol. The topological polar surface area (TPSA) is 46.2 Å². The summed E-state index contributed by atoms with van der Waals surface area (Å²) < 4.78 is 26.5. The first kappa shape index (κ1) is 12.4. The molecule has 1 rings (SSSR count). The van der Waals surface area contributed by atoms with Crippen LogP contribution in [-0.4, -0.2) is 19.8 Å². The highest BCUT2D eigenvalue weighted by molar-refractivity contribution is 9.09. The van der Waals surface area contributed by atoms with Gasteiger partial charge in [-0.2, -0.15) is 0 Å². The summed E-state index contributed by atoms with van der Waals surface area (Å²) in [6.07, 6.45) is 0. The van der Waals surface area contributed by atoms with E-state index in [9.17, 15) is 8.42 Å². The van der Waals surface area contributed by atoms with Gasteiger partial charge in [0.1, 0.15) is 4.21 Å². The zero-order valence-electron chi connectivity index (χ0n) is 7.33. The minimum absolute atomic E-state index is 0.138. The summed E-state index contributed by atoms with van der Waals surface area (Å²) in [7, 11) is -3.40. The molecule has 0 saturated heterocycles. The van der Waals surface area contributed by atoms with E-state index in [4.69, 9.17) is 11.6 Å². The molecule has 0 aromatic carbocycles. The van der Waals surface area contributed by atoms with E-state index in [1.165, 1.54) is 6.07 Å². The summed E-state index contributed by atoms with van der Waals surface area (Å²) in [5, 5.41) is 0.575. The fourth-order valence-corrected chi connectivity index (χ4v) is 3.92. The Labute approximate surface area is 101 Å². The lowest BCUT2D eigenvalue weighted by Gasteiger charge is -2.09. The molecule has 0 aliphatic heterocycles. The number of halogens is 2. The largest absolute Gasteiger partial charge is 0.250 e. The van der Waals surface area contributed by atoms with Crippen molar-refractivity contribution in [2.24, 2.45) is 0 Å². The highest BCUT2D eigenvalue weighted by atomic mass is 79.9. The van der Waals surface area contributed by atoms with Crippen LogP contribution >= 0.6 is 38.9 Å². The normalized spacial score (nSPS) is 14.2. The molecule has 0 fully saturated rings. The molecule has 0 spiro atoms. The Morgan fingerprint density at radius 3 is 2.71 bits per heavy atom. The number of rotatable bonds is 4. The molecule has 1 heterocycles. The SMILES string of the molecule is CC(CBr)NS(=O)(=O)c1ccc(Cl)s1. The second-order valence-electron chi connectivity index (χ2n) is 2.74. The minimum Gasteiger partial charge on any atom is -0.207 e. The molecule has 1 atom stereocenters. The third-order valence-electron chi connectivity index (χ3n) is 1.40. The zero-order chi connectivity index (χ0) is 10.8.